The number of aromatic nitrogens is 2. The lowest BCUT2D eigenvalue weighted by Gasteiger charge is -2.27. The average Bonchev–Trinajstić information content (AvgIpc) is 3.41. The molecule has 1 aromatic heterocycles. The lowest BCUT2D eigenvalue weighted by atomic mass is 10.1. The fourth-order valence-electron chi connectivity index (χ4n) is 4.26. The maximum absolute atomic E-state index is 13.3. The number of carbonyl (C=O) groups is 1. The van der Waals surface area contributed by atoms with Gasteiger partial charge in [0.2, 0.25) is 16.8 Å². The van der Waals surface area contributed by atoms with Crippen LogP contribution in [0.25, 0.3) is 0 Å². The van der Waals surface area contributed by atoms with Gasteiger partial charge in [-0.3, -0.25) is 9.48 Å². The molecule has 10 heteroatoms. The monoisotopic (exact) mass is 468 g/mol. The molecule has 0 radical (unpaired) electrons. The Balaban J connectivity index is 1.36. The molecular formula is C23H24N4O5S. The van der Waals surface area contributed by atoms with Gasteiger partial charge >= 0.3 is 0 Å². The van der Waals surface area contributed by atoms with Crippen LogP contribution in [-0.2, 0) is 36.6 Å². The van der Waals surface area contributed by atoms with Crippen LogP contribution in [0.5, 0.6) is 11.5 Å². The third kappa shape index (κ3) is 3.85. The Bertz CT molecular complexity index is 1350. The van der Waals surface area contributed by atoms with E-state index in [0.29, 0.717) is 35.6 Å². The summed E-state index contributed by atoms with van der Waals surface area (Å²) in [6.07, 6.45) is 0.486. The van der Waals surface area contributed by atoms with E-state index in [9.17, 15) is 13.2 Å². The molecule has 0 saturated carbocycles. The summed E-state index contributed by atoms with van der Waals surface area (Å²) < 4.78 is 40.4. The minimum absolute atomic E-state index is 0.104. The van der Waals surface area contributed by atoms with Gasteiger partial charge in [0.25, 0.3) is 5.91 Å². The fourth-order valence-corrected chi connectivity index (χ4v) is 5.89. The normalized spacial score (nSPS) is 15.3. The first-order valence-corrected chi connectivity index (χ1v) is 12.1. The van der Waals surface area contributed by atoms with Crippen LogP contribution in [0.4, 0.5) is 0 Å². The number of hydrogen-bond donors (Lipinski definition) is 1. The van der Waals surface area contributed by atoms with Gasteiger partial charge in [-0.25, -0.2) is 8.42 Å². The van der Waals surface area contributed by atoms with Crippen molar-refractivity contribution < 1.29 is 22.7 Å². The molecule has 2 aliphatic rings. The Hall–Kier alpha value is -3.37. The summed E-state index contributed by atoms with van der Waals surface area (Å²) in [4.78, 5) is 13.3. The molecular weight excluding hydrogens is 444 g/mol. The molecule has 9 nitrogen and oxygen atoms in total. The first kappa shape index (κ1) is 21.5. The van der Waals surface area contributed by atoms with Gasteiger partial charge in [-0.2, -0.15) is 9.40 Å². The molecule has 3 heterocycles. The minimum Gasteiger partial charge on any atom is -0.454 e. The van der Waals surface area contributed by atoms with Crippen LogP contribution in [0.1, 0.15) is 32.9 Å². The van der Waals surface area contributed by atoms with Crippen molar-refractivity contribution in [3.8, 4) is 11.5 Å². The van der Waals surface area contributed by atoms with Crippen LogP contribution >= 0.6 is 0 Å². The first-order chi connectivity index (χ1) is 15.8. The number of hydrogen-bond acceptors (Lipinski definition) is 6. The summed E-state index contributed by atoms with van der Waals surface area (Å²) >= 11 is 0. The molecule has 1 N–H and O–H groups in total. The van der Waals surface area contributed by atoms with E-state index in [1.807, 2.05) is 18.2 Å². The molecule has 0 aliphatic carbocycles. The molecule has 0 bridgehead atoms. The molecule has 33 heavy (non-hydrogen) atoms. The van der Waals surface area contributed by atoms with Gasteiger partial charge in [-0.1, -0.05) is 24.3 Å². The molecule has 172 valence electrons. The van der Waals surface area contributed by atoms with Crippen LogP contribution in [0.3, 0.4) is 0 Å². The molecule has 0 saturated heterocycles. The fraction of sp³-hybridized carbons (Fsp3) is 0.304. The zero-order valence-electron chi connectivity index (χ0n) is 18.4. The number of ether oxygens (including phenoxy) is 2. The number of aryl methyl sites for hydroxylation is 2. The van der Waals surface area contributed by atoms with Crippen molar-refractivity contribution in [2.75, 3.05) is 13.3 Å². The van der Waals surface area contributed by atoms with Gasteiger partial charge in [-0.15, -0.1) is 0 Å². The first-order valence-electron chi connectivity index (χ1n) is 10.6. The lowest BCUT2D eigenvalue weighted by molar-refractivity contribution is 0.0943. The van der Waals surface area contributed by atoms with Crippen molar-refractivity contribution in [2.45, 2.75) is 31.3 Å². The summed E-state index contributed by atoms with van der Waals surface area (Å²) in [5, 5.41) is 7.29. The van der Waals surface area contributed by atoms with Crippen LogP contribution in [-0.4, -0.2) is 41.7 Å². The average molecular weight is 469 g/mol. The summed E-state index contributed by atoms with van der Waals surface area (Å²) in [5.74, 6) is 0.979. The van der Waals surface area contributed by atoms with Gasteiger partial charge in [0, 0.05) is 44.4 Å². The number of nitrogens with zero attached hydrogens (tertiary/aromatic N) is 3. The van der Waals surface area contributed by atoms with Gasteiger partial charge in [0.1, 0.15) is 0 Å². The Morgan fingerprint density at radius 2 is 1.94 bits per heavy atom. The second-order valence-electron chi connectivity index (χ2n) is 8.12. The van der Waals surface area contributed by atoms with Crippen molar-refractivity contribution in [3.05, 3.63) is 70.5 Å². The summed E-state index contributed by atoms with van der Waals surface area (Å²) in [6, 6.07) is 12.4. The van der Waals surface area contributed by atoms with Gasteiger partial charge < -0.3 is 14.8 Å². The lowest BCUT2D eigenvalue weighted by Crippen LogP contribution is -2.37. The number of sulfonamides is 1. The highest BCUT2D eigenvalue weighted by atomic mass is 32.2. The third-order valence-corrected chi connectivity index (χ3v) is 8.03. The van der Waals surface area contributed by atoms with E-state index in [1.165, 1.54) is 4.31 Å². The molecule has 0 unspecified atom stereocenters. The van der Waals surface area contributed by atoms with E-state index in [0.717, 1.165) is 11.3 Å². The molecule has 2 aliphatic heterocycles. The predicted molar refractivity (Wildman–Crippen MR) is 119 cm³/mol. The summed E-state index contributed by atoms with van der Waals surface area (Å²) in [6.45, 7) is 2.69. The zero-order valence-corrected chi connectivity index (χ0v) is 19.2. The van der Waals surface area contributed by atoms with E-state index in [-0.39, 0.29) is 36.4 Å². The van der Waals surface area contributed by atoms with E-state index >= 15 is 0 Å². The maximum Gasteiger partial charge on any atom is 0.272 e. The number of fused-ring (bicyclic) bond motifs is 2. The highest BCUT2D eigenvalue weighted by molar-refractivity contribution is 7.89. The second-order valence-corrected chi connectivity index (χ2v) is 10.0. The van der Waals surface area contributed by atoms with Crippen molar-refractivity contribution in [1.29, 1.82) is 0 Å². The molecule has 1 amide bonds. The number of carbonyl (C=O) groups excluding carboxylic acids is 1. The maximum atomic E-state index is 13.3. The van der Waals surface area contributed by atoms with E-state index in [1.54, 1.807) is 42.9 Å². The number of nitrogens with one attached hydrogen (secondary N) is 1. The van der Waals surface area contributed by atoms with Crippen molar-refractivity contribution in [3.63, 3.8) is 0 Å². The van der Waals surface area contributed by atoms with Crippen LogP contribution < -0.4 is 14.8 Å². The molecule has 0 spiro atoms. The molecule has 3 aromatic rings. The molecule has 0 atom stereocenters. The standard InChI is InChI=1S/C23H24N4O5S/c1-15-5-3-4-6-21(15)33(29,30)27-10-9-18-17(13-27)22(25-26(18)2)23(28)24-12-16-7-8-19-20(11-16)32-14-31-19/h3-8,11H,9-10,12-14H2,1-2H3,(H,24,28). The number of rotatable bonds is 5. The Labute approximate surface area is 192 Å². The van der Waals surface area contributed by atoms with Gasteiger partial charge in [0.15, 0.2) is 17.2 Å². The van der Waals surface area contributed by atoms with Crippen molar-refractivity contribution in [1.82, 2.24) is 19.4 Å². The van der Waals surface area contributed by atoms with Gasteiger partial charge in [-0.05, 0) is 36.2 Å². The quantitative estimate of drug-likeness (QED) is 0.616. The SMILES string of the molecule is Cc1ccccc1S(=O)(=O)N1CCc2c(c(C(=O)NCc3ccc4c(c3)OCO4)nn2C)C1. The summed E-state index contributed by atoms with van der Waals surface area (Å²) in [5.41, 5.74) is 3.32. The highest BCUT2D eigenvalue weighted by Gasteiger charge is 2.34. The zero-order chi connectivity index (χ0) is 23.2. The van der Waals surface area contributed by atoms with Crippen LogP contribution in [0, 0.1) is 6.92 Å². The highest BCUT2D eigenvalue weighted by Crippen LogP contribution is 2.32. The molecule has 2 aromatic carbocycles. The van der Waals surface area contributed by atoms with E-state index < -0.39 is 10.0 Å². The number of benzene rings is 2. The summed E-state index contributed by atoms with van der Waals surface area (Å²) in [7, 11) is -1.91. The topological polar surface area (TPSA) is 103 Å². The smallest absolute Gasteiger partial charge is 0.272 e. The van der Waals surface area contributed by atoms with Crippen molar-refractivity contribution >= 4 is 15.9 Å². The van der Waals surface area contributed by atoms with Gasteiger partial charge in [0.05, 0.1) is 4.90 Å². The Morgan fingerprint density at radius 1 is 1.15 bits per heavy atom. The largest absolute Gasteiger partial charge is 0.454 e. The molecule has 5 rings (SSSR count). The third-order valence-electron chi connectivity index (χ3n) is 6.02. The minimum atomic E-state index is -3.69. The molecule has 0 fully saturated rings. The van der Waals surface area contributed by atoms with Crippen LogP contribution in [0.15, 0.2) is 47.4 Å². The second kappa shape index (κ2) is 8.20. The van der Waals surface area contributed by atoms with E-state index in [2.05, 4.69) is 10.4 Å². The predicted octanol–water partition coefficient (Wildman–Crippen LogP) is 2.13. The Morgan fingerprint density at radius 3 is 2.76 bits per heavy atom. The number of amides is 1. The Kier molecular flexibility index (Phi) is 5.34. The van der Waals surface area contributed by atoms with E-state index in [4.69, 9.17) is 9.47 Å². The van der Waals surface area contributed by atoms with Crippen LogP contribution in [0.2, 0.25) is 0 Å². The van der Waals surface area contributed by atoms with Crippen molar-refractivity contribution in [2.24, 2.45) is 7.05 Å².